The summed E-state index contributed by atoms with van der Waals surface area (Å²) in [5, 5.41) is 9.65. The summed E-state index contributed by atoms with van der Waals surface area (Å²) in [7, 11) is -4.32. The molecule has 2 atom stereocenters. The van der Waals surface area contributed by atoms with E-state index in [9.17, 15) is 18.0 Å². The van der Waals surface area contributed by atoms with Crippen molar-refractivity contribution >= 4 is 33.5 Å². The zero-order chi connectivity index (χ0) is 32.2. The quantitative estimate of drug-likeness (QED) is 0.387. The predicted octanol–water partition coefficient (Wildman–Crippen LogP) is 3.72. The molecule has 244 valence electrons. The molecule has 3 aliphatic heterocycles. The number of carbonyl (C=O) groups is 2. The molecule has 4 aliphatic rings. The highest BCUT2D eigenvalue weighted by atomic mass is 32.2. The molecule has 2 aromatic heterocycles. The fraction of sp³-hybridized carbons (Fsp3) is 0.636. The van der Waals surface area contributed by atoms with Crippen molar-refractivity contribution in [1.82, 2.24) is 25.3 Å². The van der Waals surface area contributed by atoms with Crippen LogP contribution in [0.15, 0.2) is 35.4 Å². The van der Waals surface area contributed by atoms with Gasteiger partial charge in [0.25, 0.3) is 15.9 Å². The van der Waals surface area contributed by atoms with Gasteiger partial charge in [0, 0.05) is 29.2 Å². The molecular formula is C33H47N7O4S. The van der Waals surface area contributed by atoms with Crippen molar-refractivity contribution in [2.24, 2.45) is 11.3 Å². The van der Waals surface area contributed by atoms with Crippen molar-refractivity contribution in [3.05, 3.63) is 41.6 Å². The minimum absolute atomic E-state index is 0.0904. The molecule has 2 saturated heterocycles. The molecular weight excluding hydrogens is 590 g/mol. The molecule has 4 N–H and O–H groups in total. The maximum absolute atomic E-state index is 13.8. The molecule has 3 fully saturated rings. The molecule has 11 nitrogen and oxygen atoms in total. The predicted molar refractivity (Wildman–Crippen MR) is 174 cm³/mol. The summed E-state index contributed by atoms with van der Waals surface area (Å²) < 4.78 is 29.1. The highest BCUT2D eigenvalue weighted by Crippen LogP contribution is 2.48. The van der Waals surface area contributed by atoms with Gasteiger partial charge in [0.2, 0.25) is 5.91 Å². The van der Waals surface area contributed by atoms with Gasteiger partial charge in [-0.3, -0.25) is 9.59 Å². The van der Waals surface area contributed by atoms with Crippen LogP contribution in [0.2, 0.25) is 0 Å². The Bertz CT molecular complexity index is 1570. The SMILES string of the molecule is CC(C)(C)c1ccc2c(n1)N1C[C@@H](CCC(C(=O)NC3CC4(CCNCC4)C3)Nc3cccc(n3)S(=O)(=O)NC2=O)CC1(C)C. The number of rotatable bonds is 2. The summed E-state index contributed by atoms with van der Waals surface area (Å²) in [5.41, 5.74) is 0.733. The fourth-order valence-electron chi connectivity index (χ4n) is 7.68. The van der Waals surface area contributed by atoms with E-state index in [2.05, 4.69) is 65.2 Å². The maximum Gasteiger partial charge on any atom is 0.281 e. The Morgan fingerprint density at radius 2 is 1.76 bits per heavy atom. The number of piperidine rings is 1. The summed E-state index contributed by atoms with van der Waals surface area (Å²) >= 11 is 0. The smallest absolute Gasteiger partial charge is 0.281 e. The number of hydrogen-bond donors (Lipinski definition) is 4. The van der Waals surface area contributed by atoms with E-state index < -0.39 is 22.0 Å². The van der Waals surface area contributed by atoms with E-state index in [0.29, 0.717) is 24.2 Å². The summed E-state index contributed by atoms with van der Waals surface area (Å²) in [5.74, 6) is 0.143. The minimum atomic E-state index is -4.32. The summed E-state index contributed by atoms with van der Waals surface area (Å²) in [6, 6.07) is 7.59. The molecule has 1 aliphatic carbocycles. The molecule has 1 unspecified atom stereocenters. The lowest BCUT2D eigenvalue weighted by Crippen LogP contribution is -2.56. The van der Waals surface area contributed by atoms with Crippen molar-refractivity contribution in [2.45, 2.75) is 108 Å². The van der Waals surface area contributed by atoms with Crippen LogP contribution in [0.4, 0.5) is 11.6 Å². The number of nitrogens with one attached hydrogen (secondary N) is 4. The van der Waals surface area contributed by atoms with Crippen LogP contribution in [-0.2, 0) is 20.2 Å². The van der Waals surface area contributed by atoms with Crippen molar-refractivity contribution in [1.29, 1.82) is 0 Å². The van der Waals surface area contributed by atoms with Crippen LogP contribution in [0.1, 0.15) is 95.6 Å². The number of pyridine rings is 2. The van der Waals surface area contributed by atoms with E-state index in [0.717, 1.165) is 57.3 Å². The highest BCUT2D eigenvalue weighted by Gasteiger charge is 2.46. The molecule has 4 bridgehead atoms. The lowest BCUT2D eigenvalue weighted by atomic mass is 9.60. The van der Waals surface area contributed by atoms with Crippen LogP contribution in [0.25, 0.3) is 0 Å². The van der Waals surface area contributed by atoms with Crippen molar-refractivity contribution < 1.29 is 18.0 Å². The molecule has 1 saturated carbocycles. The number of carbonyl (C=O) groups excluding carboxylic acids is 2. The second-order valence-corrected chi connectivity index (χ2v) is 16.9. The Morgan fingerprint density at radius 1 is 1.02 bits per heavy atom. The van der Waals surface area contributed by atoms with Crippen molar-refractivity contribution in [2.75, 3.05) is 29.9 Å². The maximum atomic E-state index is 13.8. The molecule has 45 heavy (non-hydrogen) atoms. The zero-order valence-corrected chi connectivity index (χ0v) is 27.9. The van der Waals surface area contributed by atoms with E-state index in [4.69, 9.17) is 4.98 Å². The monoisotopic (exact) mass is 637 g/mol. The standard InChI is InChI=1S/C33H47N7O4S/c1-31(2,3)25-12-10-23-28(37-25)40-20-21(17-32(40,4)5)9-11-24(30(42)35-22-18-33(19-22)13-15-34-16-14-33)36-26-7-6-8-27(38-26)45(43,44)39-29(23)41/h6-8,10,12,21-22,24,34H,9,11,13-20H2,1-5H3,(H,35,42)(H,36,38)(H,39,41)/t21-,24?/m0/s1. The number of nitrogens with zero attached hydrogens (tertiary/aromatic N) is 3. The van der Waals surface area contributed by atoms with E-state index in [-0.39, 0.29) is 45.2 Å². The Morgan fingerprint density at radius 3 is 2.47 bits per heavy atom. The van der Waals surface area contributed by atoms with E-state index in [1.54, 1.807) is 24.3 Å². The van der Waals surface area contributed by atoms with Gasteiger partial charge in [0.05, 0.1) is 5.56 Å². The second-order valence-electron chi connectivity index (χ2n) is 15.2. The minimum Gasteiger partial charge on any atom is -0.358 e. The van der Waals surface area contributed by atoms with Crippen LogP contribution in [0.5, 0.6) is 0 Å². The van der Waals surface area contributed by atoms with Crippen molar-refractivity contribution in [3.8, 4) is 0 Å². The van der Waals surface area contributed by atoms with E-state index in [1.165, 1.54) is 6.07 Å². The Hall–Kier alpha value is -3.25. The molecule has 2 amide bonds. The summed E-state index contributed by atoms with van der Waals surface area (Å²) in [6.07, 6.45) is 6.44. The normalized spacial score (nSPS) is 26.0. The first-order chi connectivity index (χ1) is 21.1. The number of anilines is 2. The van der Waals surface area contributed by atoms with Crippen molar-refractivity contribution in [3.63, 3.8) is 0 Å². The third-order valence-corrected chi connectivity index (χ3v) is 11.4. The third kappa shape index (κ3) is 6.54. The molecule has 0 aromatic carbocycles. The largest absolute Gasteiger partial charge is 0.358 e. The van der Waals surface area contributed by atoms with Crippen LogP contribution >= 0.6 is 0 Å². The Balaban J connectivity index is 1.32. The molecule has 2 aromatic rings. The first kappa shape index (κ1) is 31.7. The molecule has 12 heteroatoms. The van der Waals surface area contributed by atoms with E-state index in [1.807, 2.05) is 0 Å². The molecule has 0 radical (unpaired) electrons. The topological polar surface area (TPSA) is 145 Å². The average molecular weight is 638 g/mol. The first-order valence-corrected chi connectivity index (χ1v) is 17.7. The van der Waals surface area contributed by atoms with Crippen LogP contribution in [-0.4, -0.2) is 67.5 Å². The average Bonchev–Trinajstić information content (AvgIpc) is 3.27. The molecule has 6 rings (SSSR count). The summed E-state index contributed by atoms with van der Waals surface area (Å²) in [4.78, 5) is 38.8. The Kier molecular flexibility index (Phi) is 8.12. The molecule has 5 heterocycles. The van der Waals surface area contributed by atoms with Crippen LogP contribution in [0, 0.1) is 11.3 Å². The zero-order valence-electron chi connectivity index (χ0n) is 27.1. The third-order valence-electron chi connectivity index (χ3n) is 10.2. The van der Waals surface area contributed by atoms with Gasteiger partial charge >= 0.3 is 0 Å². The van der Waals surface area contributed by atoms with Gasteiger partial charge in [-0.05, 0) is 107 Å². The summed E-state index contributed by atoms with van der Waals surface area (Å²) in [6.45, 7) is 13.1. The fourth-order valence-corrected chi connectivity index (χ4v) is 8.62. The van der Waals surface area contributed by atoms with Gasteiger partial charge < -0.3 is 20.9 Å². The molecule has 1 spiro atoms. The number of sulfonamides is 1. The number of amides is 2. The first-order valence-electron chi connectivity index (χ1n) is 16.3. The lowest BCUT2D eigenvalue weighted by molar-refractivity contribution is -0.124. The number of fused-ring (bicyclic) bond motifs is 6. The Labute approximate surface area is 266 Å². The van der Waals surface area contributed by atoms with Crippen LogP contribution < -0.4 is 25.6 Å². The van der Waals surface area contributed by atoms with Crippen LogP contribution in [0.3, 0.4) is 0 Å². The van der Waals surface area contributed by atoms with Gasteiger partial charge in [-0.25, -0.2) is 14.7 Å². The van der Waals surface area contributed by atoms with Gasteiger partial charge in [0.15, 0.2) is 5.03 Å². The van der Waals surface area contributed by atoms with Gasteiger partial charge in [0.1, 0.15) is 17.7 Å². The second kappa shape index (κ2) is 11.5. The van der Waals surface area contributed by atoms with Gasteiger partial charge in [-0.2, -0.15) is 8.42 Å². The highest BCUT2D eigenvalue weighted by molar-refractivity contribution is 7.90. The van der Waals surface area contributed by atoms with Gasteiger partial charge in [-0.15, -0.1) is 0 Å². The number of aromatic nitrogens is 2. The van der Waals surface area contributed by atoms with Gasteiger partial charge in [-0.1, -0.05) is 26.8 Å². The number of hydrogen-bond acceptors (Lipinski definition) is 9. The lowest BCUT2D eigenvalue weighted by Gasteiger charge is -2.50. The van der Waals surface area contributed by atoms with E-state index >= 15 is 0 Å².